The summed E-state index contributed by atoms with van der Waals surface area (Å²) in [6.45, 7) is 2.27. The van der Waals surface area contributed by atoms with Crippen molar-refractivity contribution in [3.05, 3.63) is 18.0 Å². The van der Waals surface area contributed by atoms with Crippen molar-refractivity contribution >= 4 is 5.97 Å². The summed E-state index contributed by atoms with van der Waals surface area (Å²) in [5, 5.41) is 15.5. The Bertz CT molecular complexity index is 310. The number of hydrogen-bond donors (Lipinski definition) is 2. The average molecular weight is 195 g/mol. The predicted octanol–water partition coefficient (Wildman–Crippen LogP) is 0.316. The number of rotatable bonds is 3. The van der Waals surface area contributed by atoms with Gasteiger partial charge >= 0.3 is 5.97 Å². The molecule has 0 saturated carbocycles. The van der Waals surface area contributed by atoms with Gasteiger partial charge in [-0.2, -0.15) is 5.10 Å². The summed E-state index contributed by atoms with van der Waals surface area (Å²) < 4.78 is 0. The van der Waals surface area contributed by atoms with Crippen molar-refractivity contribution in [3.63, 3.8) is 0 Å². The third kappa shape index (κ3) is 1.93. The van der Waals surface area contributed by atoms with E-state index in [9.17, 15) is 4.79 Å². The topological polar surface area (TPSA) is 69.2 Å². The summed E-state index contributed by atoms with van der Waals surface area (Å²) in [7, 11) is 0. The molecule has 1 aromatic rings. The number of carbonyl (C=O) groups is 1. The lowest BCUT2D eigenvalue weighted by Crippen LogP contribution is -2.22. The molecular weight excluding hydrogens is 182 g/mol. The maximum atomic E-state index is 10.7. The summed E-state index contributed by atoms with van der Waals surface area (Å²) in [4.78, 5) is 12.8. The summed E-state index contributed by atoms with van der Waals surface area (Å²) in [5.41, 5.74) is 1.04. The fourth-order valence-electron chi connectivity index (χ4n) is 1.79. The number of H-pyrrole nitrogens is 1. The number of carboxylic acids is 1. The van der Waals surface area contributed by atoms with Crippen molar-refractivity contribution in [1.82, 2.24) is 15.1 Å². The molecule has 76 valence electrons. The highest BCUT2D eigenvalue weighted by molar-refractivity contribution is 5.70. The second-order valence-electron chi connectivity index (χ2n) is 3.64. The quantitative estimate of drug-likeness (QED) is 0.728. The molecule has 2 rings (SSSR count). The highest BCUT2D eigenvalue weighted by Gasteiger charge is 2.27. The van der Waals surface area contributed by atoms with E-state index in [1.807, 2.05) is 6.07 Å². The van der Waals surface area contributed by atoms with Gasteiger partial charge in [0.2, 0.25) is 0 Å². The van der Waals surface area contributed by atoms with E-state index in [4.69, 9.17) is 5.11 Å². The van der Waals surface area contributed by atoms with E-state index in [2.05, 4.69) is 15.1 Å². The third-order valence-electron chi connectivity index (χ3n) is 2.57. The number of aromatic amines is 1. The van der Waals surface area contributed by atoms with Crippen LogP contribution in [0.25, 0.3) is 0 Å². The van der Waals surface area contributed by atoms with Crippen LogP contribution in [0.5, 0.6) is 0 Å². The van der Waals surface area contributed by atoms with Crippen molar-refractivity contribution in [3.8, 4) is 0 Å². The molecule has 1 unspecified atom stereocenters. The van der Waals surface area contributed by atoms with Crippen LogP contribution in [-0.4, -0.2) is 39.3 Å². The molecule has 5 heteroatoms. The summed E-state index contributed by atoms with van der Waals surface area (Å²) in [6, 6.07) is 1.91. The van der Waals surface area contributed by atoms with E-state index in [1.54, 1.807) is 6.20 Å². The number of nitrogens with zero attached hydrogens (tertiary/aromatic N) is 2. The van der Waals surface area contributed by atoms with Gasteiger partial charge in [-0.1, -0.05) is 0 Å². The molecular formula is C9H13N3O2. The monoisotopic (exact) mass is 195 g/mol. The maximum absolute atomic E-state index is 10.7. The Kier molecular flexibility index (Phi) is 2.49. The Morgan fingerprint density at radius 3 is 3.21 bits per heavy atom. The average Bonchev–Trinajstić information content (AvgIpc) is 2.75. The molecule has 0 spiro atoms. The first kappa shape index (κ1) is 9.21. The van der Waals surface area contributed by atoms with Crippen LogP contribution in [-0.2, 0) is 11.3 Å². The largest absolute Gasteiger partial charge is 0.481 e. The zero-order chi connectivity index (χ0) is 9.97. The van der Waals surface area contributed by atoms with E-state index in [0.29, 0.717) is 6.54 Å². The van der Waals surface area contributed by atoms with Gasteiger partial charge in [0.15, 0.2) is 0 Å². The SMILES string of the molecule is O=C(O)C1CCN(Cc2ccn[nH]2)C1. The molecule has 14 heavy (non-hydrogen) atoms. The van der Waals surface area contributed by atoms with Crippen molar-refractivity contribution in [2.45, 2.75) is 13.0 Å². The molecule has 1 atom stereocenters. The zero-order valence-corrected chi connectivity index (χ0v) is 7.81. The molecule has 5 nitrogen and oxygen atoms in total. The second-order valence-corrected chi connectivity index (χ2v) is 3.64. The normalized spacial score (nSPS) is 22.7. The number of aliphatic carboxylic acids is 1. The minimum atomic E-state index is -0.683. The first-order chi connectivity index (χ1) is 6.75. The first-order valence-corrected chi connectivity index (χ1v) is 4.69. The lowest BCUT2D eigenvalue weighted by atomic mass is 10.1. The molecule has 1 aromatic heterocycles. The van der Waals surface area contributed by atoms with Crippen molar-refractivity contribution in [2.24, 2.45) is 5.92 Å². The minimum absolute atomic E-state index is 0.196. The fourth-order valence-corrected chi connectivity index (χ4v) is 1.79. The molecule has 2 N–H and O–H groups in total. The first-order valence-electron chi connectivity index (χ1n) is 4.69. The van der Waals surface area contributed by atoms with E-state index >= 15 is 0 Å². The van der Waals surface area contributed by atoms with Crippen LogP contribution in [0.1, 0.15) is 12.1 Å². The summed E-state index contributed by atoms with van der Waals surface area (Å²) in [5.74, 6) is -0.880. The molecule has 2 heterocycles. The number of carboxylic acid groups (broad SMARTS) is 1. The second kappa shape index (κ2) is 3.79. The van der Waals surface area contributed by atoms with Gasteiger partial charge in [0.05, 0.1) is 5.92 Å². The van der Waals surface area contributed by atoms with Gasteiger partial charge in [0.1, 0.15) is 0 Å². The van der Waals surface area contributed by atoms with Gasteiger partial charge in [-0.25, -0.2) is 0 Å². The van der Waals surface area contributed by atoms with Gasteiger partial charge in [0.25, 0.3) is 0 Å². The molecule has 0 aromatic carbocycles. The van der Waals surface area contributed by atoms with E-state index in [-0.39, 0.29) is 5.92 Å². The lowest BCUT2D eigenvalue weighted by Gasteiger charge is -2.13. The Morgan fingerprint density at radius 1 is 1.79 bits per heavy atom. The molecule has 1 aliphatic heterocycles. The Morgan fingerprint density at radius 2 is 2.64 bits per heavy atom. The van der Waals surface area contributed by atoms with Crippen LogP contribution in [0.2, 0.25) is 0 Å². The highest BCUT2D eigenvalue weighted by Crippen LogP contribution is 2.17. The van der Waals surface area contributed by atoms with Gasteiger partial charge in [-0.3, -0.25) is 14.8 Å². The number of likely N-dealkylation sites (tertiary alicyclic amines) is 1. The molecule has 0 bridgehead atoms. The zero-order valence-electron chi connectivity index (χ0n) is 7.81. The summed E-state index contributed by atoms with van der Waals surface area (Å²) >= 11 is 0. The molecule has 1 fully saturated rings. The van der Waals surface area contributed by atoms with Gasteiger partial charge in [-0.05, 0) is 19.0 Å². The van der Waals surface area contributed by atoms with Gasteiger partial charge in [0, 0.05) is 25.0 Å². The van der Waals surface area contributed by atoms with E-state index < -0.39 is 5.97 Å². The predicted molar refractivity (Wildman–Crippen MR) is 49.6 cm³/mol. The fraction of sp³-hybridized carbons (Fsp3) is 0.556. The van der Waals surface area contributed by atoms with Crippen LogP contribution in [0.15, 0.2) is 12.3 Å². The Balaban J connectivity index is 1.87. The van der Waals surface area contributed by atoms with E-state index in [0.717, 1.165) is 25.2 Å². The van der Waals surface area contributed by atoms with Crippen LogP contribution in [0.3, 0.4) is 0 Å². The van der Waals surface area contributed by atoms with Crippen molar-refractivity contribution in [1.29, 1.82) is 0 Å². The molecule has 1 aliphatic rings. The number of aromatic nitrogens is 2. The number of nitrogens with one attached hydrogen (secondary N) is 1. The smallest absolute Gasteiger partial charge is 0.307 e. The van der Waals surface area contributed by atoms with Gasteiger partial charge < -0.3 is 5.11 Å². The Labute approximate surface area is 81.7 Å². The van der Waals surface area contributed by atoms with Crippen molar-refractivity contribution in [2.75, 3.05) is 13.1 Å². The van der Waals surface area contributed by atoms with Crippen LogP contribution >= 0.6 is 0 Å². The maximum Gasteiger partial charge on any atom is 0.307 e. The minimum Gasteiger partial charge on any atom is -0.481 e. The van der Waals surface area contributed by atoms with Crippen molar-refractivity contribution < 1.29 is 9.90 Å². The van der Waals surface area contributed by atoms with E-state index in [1.165, 1.54) is 0 Å². The molecule has 0 radical (unpaired) electrons. The lowest BCUT2D eigenvalue weighted by molar-refractivity contribution is -0.141. The molecule has 0 amide bonds. The Hall–Kier alpha value is -1.36. The van der Waals surface area contributed by atoms with Crippen LogP contribution in [0, 0.1) is 5.92 Å². The molecule has 0 aliphatic carbocycles. The number of hydrogen-bond acceptors (Lipinski definition) is 3. The molecule has 1 saturated heterocycles. The highest BCUT2D eigenvalue weighted by atomic mass is 16.4. The third-order valence-corrected chi connectivity index (χ3v) is 2.57. The van der Waals surface area contributed by atoms with Crippen LogP contribution < -0.4 is 0 Å². The summed E-state index contributed by atoms with van der Waals surface area (Å²) in [6.07, 6.45) is 2.46. The van der Waals surface area contributed by atoms with Crippen LogP contribution in [0.4, 0.5) is 0 Å². The van der Waals surface area contributed by atoms with Gasteiger partial charge in [-0.15, -0.1) is 0 Å². The standard InChI is InChI=1S/C9H13N3O2/c13-9(14)7-2-4-12(5-7)6-8-1-3-10-11-8/h1,3,7H,2,4-6H2,(H,10,11)(H,13,14).